The summed E-state index contributed by atoms with van der Waals surface area (Å²) in [6.45, 7) is 8.77. The molecule has 0 saturated carbocycles. The number of rotatable bonds is 6. The van der Waals surface area contributed by atoms with Gasteiger partial charge in [-0.25, -0.2) is 0 Å². The van der Waals surface area contributed by atoms with Gasteiger partial charge in [0.2, 0.25) is 0 Å². The van der Waals surface area contributed by atoms with Crippen molar-refractivity contribution in [3.8, 4) is 11.1 Å². The molecular weight excluding hydrogens is 447 g/mol. The van der Waals surface area contributed by atoms with Crippen LogP contribution in [-0.2, 0) is 28.4 Å². The van der Waals surface area contributed by atoms with Crippen LogP contribution in [0.1, 0.15) is 55.9 Å². The fourth-order valence-electron chi connectivity index (χ4n) is 4.85. The van der Waals surface area contributed by atoms with Crippen molar-refractivity contribution in [2.24, 2.45) is 0 Å². The SMILES string of the molecule is CC(C)(C)c1ccc(-c2cc(COCC3(c4ccccc4)CCNCC3)cc(C(F)(F)F)c2)cc1. The van der Waals surface area contributed by atoms with E-state index in [2.05, 4.69) is 38.2 Å². The molecule has 3 aromatic rings. The molecule has 0 amide bonds. The first-order valence-electron chi connectivity index (χ1n) is 12.2. The number of ether oxygens (including phenoxy) is 1. The van der Waals surface area contributed by atoms with Gasteiger partial charge in [0.15, 0.2) is 0 Å². The van der Waals surface area contributed by atoms with E-state index in [-0.39, 0.29) is 17.4 Å². The molecule has 1 aliphatic rings. The second-order valence-electron chi connectivity index (χ2n) is 10.6. The molecule has 0 aliphatic carbocycles. The summed E-state index contributed by atoms with van der Waals surface area (Å²) in [6.07, 6.45) is -2.55. The third-order valence-corrected chi connectivity index (χ3v) is 7.00. The Labute approximate surface area is 206 Å². The van der Waals surface area contributed by atoms with Crippen molar-refractivity contribution in [2.45, 2.75) is 57.2 Å². The van der Waals surface area contributed by atoms with Crippen LogP contribution in [0.25, 0.3) is 11.1 Å². The third-order valence-electron chi connectivity index (χ3n) is 7.00. The highest BCUT2D eigenvalue weighted by atomic mass is 19.4. The molecule has 0 aromatic heterocycles. The predicted octanol–water partition coefficient (Wildman–Crippen LogP) is 7.51. The van der Waals surface area contributed by atoms with E-state index < -0.39 is 11.7 Å². The lowest BCUT2D eigenvalue weighted by Crippen LogP contribution is -2.43. The van der Waals surface area contributed by atoms with Gasteiger partial charge < -0.3 is 10.1 Å². The van der Waals surface area contributed by atoms with Crippen molar-refractivity contribution < 1.29 is 17.9 Å². The fourth-order valence-corrected chi connectivity index (χ4v) is 4.85. The lowest BCUT2D eigenvalue weighted by Gasteiger charge is -2.38. The summed E-state index contributed by atoms with van der Waals surface area (Å²) in [5, 5.41) is 3.40. The van der Waals surface area contributed by atoms with Crippen LogP contribution in [0.4, 0.5) is 13.2 Å². The van der Waals surface area contributed by atoms with Crippen molar-refractivity contribution in [3.63, 3.8) is 0 Å². The monoisotopic (exact) mass is 481 g/mol. The first-order valence-corrected chi connectivity index (χ1v) is 12.2. The molecule has 0 unspecified atom stereocenters. The molecule has 3 aromatic carbocycles. The van der Waals surface area contributed by atoms with E-state index in [1.807, 2.05) is 48.5 Å². The van der Waals surface area contributed by atoms with Crippen LogP contribution >= 0.6 is 0 Å². The molecule has 1 fully saturated rings. The van der Waals surface area contributed by atoms with E-state index in [0.29, 0.717) is 17.7 Å². The molecule has 186 valence electrons. The minimum atomic E-state index is -4.42. The van der Waals surface area contributed by atoms with Gasteiger partial charge >= 0.3 is 6.18 Å². The third kappa shape index (κ3) is 6.14. The highest BCUT2D eigenvalue weighted by Gasteiger charge is 2.34. The molecule has 0 radical (unpaired) electrons. The maximum Gasteiger partial charge on any atom is 0.416 e. The number of hydrogen-bond donors (Lipinski definition) is 1. The molecule has 1 heterocycles. The van der Waals surface area contributed by atoms with Crippen LogP contribution in [0, 0.1) is 0 Å². The normalized spacial score (nSPS) is 16.3. The second kappa shape index (κ2) is 10.2. The van der Waals surface area contributed by atoms with E-state index >= 15 is 0 Å². The summed E-state index contributed by atoms with van der Waals surface area (Å²) in [4.78, 5) is 0. The molecule has 1 N–H and O–H groups in total. The van der Waals surface area contributed by atoms with Crippen LogP contribution in [0.2, 0.25) is 0 Å². The van der Waals surface area contributed by atoms with Crippen molar-refractivity contribution in [2.75, 3.05) is 19.7 Å². The minimum Gasteiger partial charge on any atom is -0.376 e. The molecule has 35 heavy (non-hydrogen) atoms. The van der Waals surface area contributed by atoms with E-state index in [0.717, 1.165) is 37.1 Å². The Kier molecular flexibility index (Phi) is 7.39. The van der Waals surface area contributed by atoms with Crippen LogP contribution in [0.15, 0.2) is 72.8 Å². The lowest BCUT2D eigenvalue weighted by molar-refractivity contribution is -0.137. The maximum absolute atomic E-state index is 13.7. The topological polar surface area (TPSA) is 21.3 Å². The fraction of sp³-hybridized carbons (Fsp3) is 0.400. The van der Waals surface area contributed by atoms with Crippen LogP contribution in [0.5, 0.6) is 0 Å². The van der Waals surface area contributed by atoms with Crippen LogP contribution < -0.4 is 5.32 Å². The molecule has 1 saturated heterocycles. The van der Waals surface area contributed by atoms with Gasteiger partial charge in [-0.2, -0.15) is 13.2 Å². The minimum absolute atomic E-state index is 0.0191. The van der Waals surface area contributed by atoms with Crippen molar-refractivity contribution >= 4 is 0 Å². The number of halogens is 3. The van der Waals surface area contributed by atoms with Crippen molar-refractivity contribution in [1.29, 1.82) is 0 Å². The van der Waals surface area contributed by atoms with Gasteiger partial charge in [0, 0.05) is 5.41 Å². The summed E-state index contributed by atoms with van der Waals surface area (Å²) in [5.41, 5.74) is 3.44. The first-order chi connectivity index (χ1) is 16.6. The van der Waals surface area contributed by atoms with Gasteiger partial charge in [-0.3, -0.25) is 0 Å². The van der Waals surface area contributed by atoms with Gasteiger partial charge in [0.1, 0.15) is 0 Å². The number of benzene rings is 3. The van der Waals surface area contributed by atoms with Gasteiger partial charge in [-0.05, 0) is 77.4 Å². The molecule has 0 spiro atoms. The summed E-state index contributed by atoms with van der Waals surface area (Å²) in [7, 11) is 0. The second-order valence-corrected chi connectivity index (χ2v) is 10.6. The smallest absolute Gasteiger partial charge is 0.376 e. The van der Waals surface area contributed by atoms with E-state index in [4.69, 9.17) is 4.74 Å². The summed E-state index contributed by atoms with van der Waals surface area (Å²) in [5.74, 6) is 0. The highest BCUT2D eigenvalue weighted by Crippen LogP contribution is 2.36. The number of nitrogens with one attached hydrogen (secondary N) is 1. The Morgan fingerprint density at radius 2 is 1.46 bits per heavy atom. The average Bonchev–Trinajstić information content (AvgIpc) is 2.84. The molecular formula is C30H34F3NO. The Balaban J connectivity index is 1.57. The van der Waals surface area contributed by atoms with E-state index in [1.54, 1.807) is 0 Å². The molecule has 0 atom stereocenters. The highest BCUT2D eigenvalue weighted by molar-refractivity contribution is 5.66. The summed E-state index contributed by atoms with van der Waals surface area (Å²) in [6, 6.07) is 22.4. The van der Waals surface area contributed by atoms with E-state index in [9.17, 15) is 13.2 Å². The first kappa shape index (κ1) is 25.5. The maximum atomic E-state index is 13.7. The van der Waals surface area contributed by atoms with Crippen molar-refractivity contribution in [3.05, 3.63) is 95.1 Å². The van der Waals surface area contributed by atoms with Gasteiger partial charge in [0.05, 0.1) is 18.8 Å². The Hall–Kier alpha value is -2.63. The zero-order valence-corrected chi connectivity index (χ0v) is 20.7. The largest absolute Gasteiger partial charge is 0.416 e. The number of piperidine rings is 1. The van der Waals surface area contributed by atoms with Crippen LogP contribution in [-0.4, -0.2) is 19.7 Å². The van der Waals surface area contributed by atoms with Gasteiger partial charge in [0.25, 0.3) is 0 Å². The van der Waals surface area contributed by atoms with Crippen LogP contribution in [0.3, 0.4) is 0 Å². The Morgan fingerprint density at radius 1 is 0.800 bits per heavy atom. The van der Waals surface area contributed by atoms with Gasteiger partial charge in [-0.15, -0.1) is 0 Å². The zero-order valence-electron chi connectivity index (χ0n) is 20.7. The average molecular weight is 482 g/mol. The summed E-state index contributed by atoms with van der Waals surface area (Å²) >= 11 is 0. The standard InChI is InChI=1S/C30H34F3NO/c1-28(2,3)25-11-9-23(10-12-25)24-17-22(18-27(19-24)30(31,32)33)20-35-21-29(13-15-34-16-14-29)26-7-5-4-6-8-26/h4-12,17-19,34H,13-16,20-21H2,1-3H3. The zero-order chi connectivity index (χ0) is 25.1. The molecule has 5 heteroatoms. The predicted molar refractivity (Wildman–Crippen MR) is 135 cm³/mol. The van der Waals surface area contributed by atoms with Gasteiger partial charge in [-0.1, -0.05) is 75.4 Å². The molecule has 4 rings (SSSR count). The molecule has 0 bridgehead atoms. The molecule has 2 nitrogen and oxygen atoms in total. The Bertz CT molecular complexity index is 1110. The van der Waals surface area contributed by atoms with Crippen molar-refractivity contribution in [1.82, 2.24) is 5.32 Å². The number of hydrogen-bond acceptors (Lipinski definition) is 2. The van der Waals surface area contributed by atoms with E-state index in [1.165, 1.54) is 17.7 Å². The lowest BCUT2D eigenvalue weighted by atomic mass is 9.74. The summed E-state index contributed by atoms with van der Waals surface area (Å²) < 4.78 is 47.3. The number of alkyl halides is 3. The molecule has 1 aliphatic heterocycles. The Morgan fingerprint density at radius 3 is 2.06 bits per heavy atom. The quantitative estimate of drug-likeness (QED) is 0.393.